The maximum atomic E-state index is 12.7. The van der Waals surface area contributed by atoms with E-state index in [1.54, 1.807) is 19.9 Å². The largest absolute Gasteiger partial charge is 0.416 e. The highest BCUT2D eigenvalue weighted by atomic mass is 35.5. The molecule has 0 saturated carbocycles. The van der Waals surface area contributed by atoms with Crippen LogP contribution in [0.3, 0.4) is 0 Å². The summed E-state index contributed by atoms with van der Waals surface area (Å²) in [4.78, 5) is 11.9. The van der Waals surface area contributed by atoms with Crippen LogP contribution >= 0.6 is 11.6 Å². The maximum absolute atomic E-state index is 12.7. The van der Waals surface area contributed by atoms with Crippen LogP contribution in [-0.2, 0) is 17.5 Å². The summed E-state index contributed by atoms with van der Waals surface area (Å²) in [5.74, 6) is -0.507. The van der Waals surface area contributed by atoms with Gasteiger partial charge in [0.25, 0.3) is 0 Å². The second-order valence-corrected chi connectivity index (χ2v) is 5.23. The number of nitrogens with zero attached hydrogens (tertiary/aromatic N) is 2. The van der Waals surface area contributed by atoms with Gasteiger partial charge in [-0.2, -0.15) is 18.3 Å². The van der Waals surface area contributed by atoms with Crippen molar-refractivity contribution in [1.29, 1.82) is 0 Å². The van der Waals surface area contributed by atoms with Crippen LogP contribution in [0.15, 0.2) is 24.3 Å². The molecule has 2 rings (SSSR count). The minimum atomic E-state index is -4.50. The standard InChI is InChI=1S/C14H13ClF3N3O/c1-8-5-9(2)21(20-8)7-13(22)19-12-6-10(14(16,17)18)3-4-11(12)15/h3-6H,7H2,1-2H3,(H,19,22). The number of nitrogens with one attached hydrogen (secondary N) is 1. The Hall–Kier alpha value is -2.02. The Kier molecular flexibility index (Phi) is 4.46. The molecule has 4 nitrogen and oxygen atoms in total. The molecule has 0 unspecified atom stereocenters. The summed E-state index contributed by atoms with van der Waals surface area (Å²) in [5.41, 5.74) is 0.575. The van der Waals surface area contributed by atoms with E-state index in [0.717, 1.165) is 29.6 Å². The van der Waals surface area contributed by atoms with Crippen LogP contribution < -0.4 is 5.32 Å². The monoisotopic (exact) mass is 331 g/mol. The Labute approximate surface area is 129 Å². The van der Waals surface area contributed by atoms with Crippen LogP contribution in [0.5, 0.6) is 0 Å². The second kappa shape index (κ2) is 6.00. The minimum absolute atomic E-state index is 0.0368. The lowest BCUT2D eigenvalue weighted by Gasteiger charge is -2.12. The number of rotatable bonds is 3. The van der Waals surface area contributed by atoms with Gasteiger partial charge in [-0.05, 0) is 38.1 Å². The number of anilines is 1. The van der Waals surface area contributed by atoms with Gasteiger partial charge in [0.05, 0.1) is 22.0 Å². The van der Waals surface area contributed by atoms with Gasteiger partial charge in [-0.25, -0.2) is 0 Å². The maximum Gasteiger partial charge on any atom is 0.416 e. The lowest BCUT2D eigenvalue weighted by molar-refractivity contribution is -0.137. The third-order valence-corrected chi connectivity index (χ3v) is 3.29. The first kappa shape index (κ1) is 16.4. The lowest BCUT2D eigenvalue weighted by atomic mass is 10.2. The molecule has 8 heteroatoms. The molecule has 0 radical (unpaired) electrons. The Balaban J connectivity index is 2.16. The third kappa shape index (κ3) is 3.79. The Morgan fingerprint density at radius 2 is 2.00 bits per heavy atom. The van der Waals surface area contributed by atoms with Gasteiger partial charge in [0.15, 0.2) is 0 Å². The first-order chi connectivity index (χ1) is 10.2. The zero-order valence-electron chi connectivity index (χ0n) is 11.8. The molecule has 2 aromatic rings. The molecule has 22 heavy (non-hydrogen) atoms. The lowest BCUT2D eigenvalue weighted by Crippen LogP contribution is -2.21. The summed E-state index contributed by atoms with van der Waals surface area (Å²) in [5, 5.41) is 6.53. The van der Waals surface area contributed by atoms with Gasteiger partial charge in [0.2, 0.25) is 5.91 Å². The zero-order chi connectivity index (χ0) is 16.5. The molecular formula is C14H13ClF3N3O. The summed E-state index contributed by atoms with van der Waals surface area (Å²) in [6.07, 6.45) is -4.50. The average molecular weight is 332 g/mol. The van der Waals surface area contributed by atoms with Crippen molar-refractivity contribution in [2.24, 2.45) is 0 Å². The van der Waals surface area contributed by atoms with Crippen LogP contribution in [0.2, 0.25) is 5.02 Å². The molecule has 1 aromatic heterocycles. The summed E-state index contributed by atoms with van der Waals surface area (Å²) in [6.45, 7) is 3.46. The van der Waals surface area contributed by atoms with Crippen LogP contribution in [0.25, 0.3) is 0 Å². The Bertz CT molecular complexity index is 710. The highest BCUT2D eigenvalue weighted by Crippen LogP contribution is 2.33. The van der Waals surface area contributed by atoms with Gasteiger partial charge in [-0.3, -0.25) is 9.48 Å². The summed E-state index contributed by atoms with van der Waals surface area (Å²) >= 11 is 5.82. The van der Waals surface area contributed by atoms with Crippen molar-refractivity contribution in [1.82, 2.24) is 9.78 Å². The number of aromatic nitrogens is 2. The van der Waals surface area contributed by atoms with E-state index in [1.165, 1.54) is 4.68 Å². The van der Waals surface area contributed by atoms with Crippen LogP contribution in [-0.4, -0.2) is 15.7 Å². The molecule has 118 valence electrons. The predicted molar refractivity (Wildman–Crippen MR) is 76.8 cm³/mol. The average Bonchev–Trinajstić information content (AvgIpc) is 2.69. The molecule has 1 amide bonds. The number of halogens is 4. The number of amides is 1. The molecule has 1 N–H and O–H groups in total. The summed E-state index contributed by atoms with van der Waals surface area (Å²) in [6, 6.07) is 4.56. The summed E-state index contributed by atoms with van der Waals surface area (Å²) in [7, 11) is 0. The molecule has 0 atom stereocenters. The second-order valence-electron chi connectivity index (χ2n) is 4.83. The fourth-order valence-corrected chi connectivity index (χ4v) is 2.12. The van der Waals surface area contributed by atoms with Gasteiger partial charge >= 0.3 is 6.18 Å². The van der Waals surface area contributed by atoms with E-state index in [1.807, 2.05) is 0 Å². The first-order valence-corrected chi connectivity index (χ1v) is 6.72. The number of hydrogen-bond acceptors (Lipinski definition) is 2. The fourth-order valence-electron chi connectivity index (χ4n) is 1.96. The third-order valence-electron chi connectivity index (χ3n) is 2.96. The zero-order valence-corrected chi connectivity index (χ0v) is 12.6. The molecule has 0 aliphatic heterocycles. The van der Waals surface area contributed by atoms with E-state index in [2.05, 4.69) is 10.4 Å². The van der Waals surface area contributed by atoms with Gasteiger partial charge in [0, 0.05) is 5.69 Å². The number of alkyl halides is 3. The predicted octanol–water partition coefficient (Wildman–Crippen LogP) is 3.81. The molecule has 0 fully saturated rings. The van der Waals surface area contributed by atoms with Crippen molar-refractivity contribution >= 4 is 23.2 Å². The van der Waals surface area contributed by atoms with Gasteiger partial charge in [-0.1, -0.05) is 11.6 Å². The van der Waals surface area contributed by atoms with Gasteiger partial charge < -0.3 is 5.32 Å². The molecular weight excluding hydrogens is 319 g/mol. The van der Waals surface area contributed by atoms with Crippen molar-refractivity contribution in [3.8, 4) is 0 Å². The quantitative estimate of drug-likeness (QED) is 0.929. The van der Waals surface area contributed by atoms with Crippen LogP contribution in [0.4, 0.5) is 18.9 Å². The SMILES string of the molecule is Cc1cc(C)n(CC(=O)Nc2cc(C(F)(F)F)ccc2Cl)n1. The van der Waals surface area contributed by atoms with Crippen molar-refractivity contribution < 1.29 is 18.0 Å². The molecule has 0 spiro atoms. The van der Waals surface area contributed by atoms with E-state index in [4.69, 9.17) is 11.6 Å². The van der Waals surface area contributed by atoms with Gasteiger partial charge in [0.1, 0.15) is 6.54 Å². The molecule has 1 aromatic carbocycles. The van der Waals surface area contributed by atoms with Crippen LogP contribution in [0.1, 0.15) is 17.0 Å². The Morgan fingerprint density at radius 3 is 2.55 bits per heavy atom. The molecule has 0 bridgehead atoms. The normalized spacial score (nSPS) is 11.5. The van der Waals surface area contributed by atoms with Crippen molar-refractivity contribution in [2.75, 3.05) is 5.32 Å². The van der Waals surface area contributed by atoms with E-state index in [0.29, 0.717) is 0 Å². The minimum Gasteiger partial charge on any atom is -0.323 e. The number of aryl methyl sites for hydroxylation is 2. The Morgan fingerprint density at radius 1 is 1.32 bits per heavy atom. The number of carbonyl (C=O) groups excluding carboxylic acids is 1. The molecule has 0 aliphatic carbocycles. The van der Waals surface area contributed by atoms with Crippen molar-refractivity contribution in [3.63, 3.8) is 0 Å². The van der Waals surface area contributed by atoms with E-state index in [9.17, 15) is 18.0 Å². The number of benzene rings is 1. The smallest absolute Gasteiger partial charge is 0.323 e. The van der Waals surface area contributed by atoms with Crippen LogP contribution in [0, 0.1) is 13.8 Å². The fraction of sp³-hybridized carbons (Fsp3) is 0.286. The van der Waals surface area contributed by atoms with E-state index < -0.39 is 17.6 Å². The number of carbonyl (C=O) groups is 1. The van der Waals surface area contributed by atoms with Crippen molar-refractivity contribution in [3.05, 3.63) is 46.2 Å². The topological polar surface area (TPSA) is 46.9 Å². The highest BCUT2D eigenvalue weighted by Gasteiger charge is 2.31. The van der Waals surface area contributed by atoms with E-state index in [-0.39, 0.29) is 17.3 Å². The number of hydrogen-bond donors (Lipinski definition) is 1. The molecule has 0 aliphatic rings. The first-order valence-electron chi connectivity index (χ1n) is 6.34. The highest BCUT2D eigenvalue weighted by molar-refractivity contribution is 6.33. The van der Waals surface area contributed by atoms with E-state index >= 15 is 0 Å². The summed E-state index contributed by atoms with van der Waals surface area (Å²) < 4.78 is 39.5. The van der Waals surface area contributed by atoms with Gasteiger partial charge in [-0.15, -0.1) is 0 Å². The molecule has 0 saturated heterocycles. The van der Waals surface area contributed by atoms with Crippen molar-refractivity contribution in [2.45, 2.75) is 26.6 Å². The molecule has 1 heterocycles.